The molecule has 0 bridgehead atoms. The third-order valence-electron chi connectivity index (χ3n) is 4.63. The molecule has 0 spiro atoms. The Morgan fingerprint density at radius 3 is 2.65 bits per heavy atom. The van der Waals surface area contributed by atoms with Gasteiger partial charge in [-0.15, -0.1) is 21.5 Å². The number of fused-ring (bicyclic) bond motifs is 1. The van der Waals surface area contributed by atoms with E-state index in [-0.39, 0.29) is 17.6 Å². The van der Waals surface area contributed by atoms with E-state index in [1.807, 2.05) is 42.5 Å². The Hall–Kier alpha value is -3.22. The lowest BCUT2D eigenvalue weighted by atomic mass is 10.1. The second kappa shape index (κ2) is 11.3. The number of nitrogens with one attached hydrogen (secondary N) is 2. The Morgan fingerprint density at radius 2 is 1.85 bits per heavy atom. The molecule has 34 heavy (non-hydrogen) atoms. The number of hydrogen-bond acceptors (Lipinski definition) is 10. The summed E-state index contributed by atoms with van der Waals surface area (Å²) in [6, 6.07) is 13.2. The fourth-order valence-corrected chi connectivity index (χ4v) is 5.44. The third kappa shape index (κ3) is 6.01. The SMILES string of the molecule is COc1ccc(CCNC(=O)CSc2nnc(NC(=O)c3nc4ccccc4s3)s2)cc1OC. The monoisotopic (exact) mass is 515 g/mol. The quantitative estimate of drug-likeness (QED) is 0.242. The highest BCUT2D eigenvalue weighted by molar-refractivity contribution is 8.01. The lowest BCUT2D eigenvalue weighted by molar-refractivity contribution is -0.118. The first-order valence-electron chi connectivity index (χ1n) is 10.2. The summed E-state index contributed by atoms with van der Waals surface area (Å²) in [5.41, 5.74) is 1.81. The number of amides is 2. The van der Waals surface area contributed by atoms with Crippen LogP contribution in [0.15, 0.2) is 46.8 Å². The molecule has 0 saturated heterocycles. The Morgan fingerprint density at radius 1 is 1.03 bits per heavy atom. The van der Waals surface area contributed by atoms with Crippen LogP contribution >= 0.6 is 34.4 Å². The maximum Gasteiger partial charge on any atom is 0.286 e. The number of para-hydroxylation sites is 1. The van der Waals surface area contributed by atoms with Crippen LogP contribution in [0.4, 0.5) is 5.13 Å². The molecule has 12 heteroatoms. The van der Waals surface area contributed by atoms with Crippen molar-refractivity contribution in [1.29, 1.82) is 0 Å². The van der Waals surface area contributed by atoms with E-state index in [4.69, 9.17) is 9.47 Å². The Labute approximate surface area is 207 Å². The molecule has 2 aromatic heterocycles. The van der Waals surface area contributed by atoms with Gasteiger partial charge in [-0.2, -0.15) is 0 Å². The van der Waals surface area contributed by atoms with E-state index >= 15 is 0 Å². The van der Waals surface area contributed by atoms with Crippen molar-refractivity contribution in [1.82, 2.24) is 20.5 Å². The Balaban J connectivity index is 1.22. The van der Waals surface area contributed by atoms with Crippen LogP contribution in [0, 0.1) is 0 Å². The number of aromatic nitrogens is 3. The molecule has 2 amide bonds. The van der Waals surface area contributed by atoms with Crippen LogP contribution in [0.5, 0.6) is 11.5 Å². The van der Waals surface area contributed by atoms with E-state index in [1.54, 1.807) is 14.2 Å². The number of nitrogens with zero attached hydrogens (tertiary/aromatic N) is 3. The summed E-state index contributed by atoms with van der Waals surface area (Å²) in [6.07, 6.45) is 0.664. The minimum Gasteiger partial charge on any atom is -0.493 e. The molecule has 0 unspecified atom stereocenters. The van der Waals surface area contributed by atoms with Crippen molar-refractivity contribution in [2.45, 2.75) is 10.8 Å². The van der Waals surface area contributed by atoms with Gasteiger partial charge >= 0.3 is 0 Å². The van der Waals surface area contributed by atoms with Gasteiger partial charge in [0.25, 0.3) is 5.91 Å². The van der Waals surface area contributed by atoms with Crippen molar-refractivity contribution >= 4 is 61.6 Å². The van der Waals surface area contributed by atoms with Crippen molar-refractivity contribution in [3.8, 4) is 11.5 Å². The zero-order valence-electron chi connectivity index (χ0n) is 18.4. The van der Waals surface area contributed by atoms with Gasteiger partial charge in [0.1, 0.15) is 0 Å². The van der Waals surface area contributed by atoms with Gasteiger partial charge in [0.2, 0.25) is 11.0 Å². The summed E-state index contributed by atoms with van der Waals surface area (Å²) >= 11 is 3.80. The third-order valence-corrected chi connectivity index (χ3v) is 7.63. The van der Waals surface area contributed by atoms with Crippen LogP contribution in [0.25, 0.3) is 10.2 Å². The average Bonchev–Trinajstić information content (AvgIpc) is 3.49. The average molecular weight is 516 g/mol. The van der Waals surface area contributed by atoms with E-state index in [1.165, 1.54) is 34.4 Å². The van der Waals surface area contributed by atoms with Crippen molar-refractivity contribution < 1.29 is 19.1 Å². The number of methoxy groups -OCH3 is 2. The van der Waals surface area contributed by atoms with Gasteiger partial charge in [-0.25, -0.2) is 4.98 Å². The molecule has 176 valence electrons. The summed E-state index contributed by atoms with van der Waals surface area (Å²) < 4.78 is 12.1. The summed E-state index contributed by atoms with van der Waals surface area (Å²) in [7, 11) is 3.18. The number of benzene rings is 2. The molecular formula is C22H21N5O4S3. The van der Waals surface area contributed by atoms with Gasteiger partial charge in [0, 0.05) is 6.54 Å². The smallest absolute Gasteiger partial charge is 0.286 e. The zero-order valence-corrected chi connectivity index (χ0v) is 20.8. The first-order chi connectivity index (χ1) is 16.6. The van der Waals surface area contributed by atoms with E-state index in [0.717, 1.165) is 15.8 Å². The van der Waals surface area contributed by atoms with Gasteiger partial charge in [0.05, 0.1) is 30.2 Å². The number of thiazole rings is 1. The predicted molar refractivity (Wildman–Crippen MR) is 134 cm³/mol. The lowest BCUT2D eigenvalue weighted by Crippen LogP contribution is -2.27. The van der Waals surface area contributed by atoms with E-state index < -0.39 is 0 Å². The minimum absolute atomic E-state index is 0.110. The second-order valence-corrected chi connectivity index (χ2v) is 10.1. The molecule has 0 saturated carbocycles. The molecule has 2 aromatic carbocycles. The number of thioether (sulfide) groups is 1. The molecule has 0 atom stereocenters. The van der Waals surface area contributed by atoms with E-state index in [2.05, 4.69) is 25.8 Å². The van der Waals surface area contributed by atoms with Gasteiger partial charge < -0.3 is 14.8 Å². The molecule has 9 nitrogen and oxygen atoms in total. The highest BCUT2D eigenvalue weighted by Gasteiger charge is 2.15. The number of carbonyl (C=O) groups is 2. The minimum atomic E-state index is -0.332. The second-order valence-electron chi connectivity index (χ2n) is 6.89. The molecule has 0 fully saturated rings. The summed E-state index contributed by atoms with van der Waals surface area (Å²) in [5, 5.41) is 14.3. The predicted octanol–water partition coefficient (Wildman–Crippen LogP) is 3.87. The van der Waals surface area contributed by atoms with Crippen molar-refractivity contribution in [3.63, 3.8) is 0 Å². The molecule has 2 N–H and O–H groups in total. The first kappa shape index (κ1) is 23.9. The van der Waals surface area contributed by atoms with Crippen LogP contribution in [0.2, 0.25) is 0 Å². The van der Waals surface area contributed by atoms with Crippen LogP contribution < -0.4 is 20.1 Å². The molecule has 4 rings (SSSR count). The standard InChI is InChI=1S/C22H21N5O4S3/c1-30-15-8-7-13(11-16(15)31-2)9-10-23-18(28)12-32-22-27-26-21(34-22)25-19(29)20-24-14-5-3-4-6-17(14)33-20/h3-8,11H,9-10,12H2,1-2H3,(H,23,28)(H,25,26,29). The number of ether oxygens (including phenoxy) is 2. The maximum atomic E-state index is 12.5. The van der Waals surface area contributed by atoms with Crippen LogP contribution in [0.3, 0.4) is 0 Å². The molecular weight excluding hydrogens is 494 g/mol. The summed E-state index contributed by atoms with van der Waals surface area (Å²) in [6.45, 7) is 0.495. The normalized spacial score (nSPS) is 10.8. The van der Waals surface area contributed by atoms with E-state index in [0.29, 0.717) is 38.9 Å². The molecule has 0 aliphatic rings. The molecule has 4 aromatic rings. The fraction of sp³-hybridized carbons (Fsp3) is 0.227. The first-order valence-corrected chi connectivity index (χ1v) is 12.8. The van der Waals surface area contributed by atoms with Crippen LogP contribution in [0.1, 0.15) is 15.4 Å². The van der Waals surface area contributed by atoms with Gasteiger partial charge in [-0.1, -0.05) is 41.3 Å². The van der Waals surface area contributed by atoms with Crippen molar-refractivity contribution in [2.24, 2.45) is 0 Å². The topological polar surface area (TPSA) is 115 Å². The number of hydrogen-bond donors (Lipinski definition) is 2. The Bertz CT molecular complexity index is 1270. The summed E-state index contributed by atoms with van der Waals surface area (Å²) in [4.78, 5) is 29.0. The molecule has 0 aliphatic carbocycles. The highest BCUT2D eigenvalue weighted by Crippen LogP contribution is 2.28. The summed E-state index contributed by atoms with van der Waals surface area (Å²) in [5.74, 6) is 1.08. The van der Waals surface area contributed by atoms with Crippen molar-refractivity contribution in [2.75, 3.05) is 31.8 Å². The van der Waals surface area contributed by atoms with Crippen LogP contribution in [-0.4, -0.2) is 53.5 Å². The van der Waals surface area contributed by atoms with Gasteiger partial charge in [0.15, 0.2) is 20.8 Å². The number of rotatable bonds is 10. The number of carbonyl (C=O) groups excluding carboxylic acids is 2. The number of anilines is 1. The zero-order chi connectivity index (χ0) is 23.9. The Kier molecular flexibility index (Phi) is 7.93. The molecule has 0 radical (unpaired) electrons. The largest absolute Gasteiger partial charge is 0.493 e. The van der Waals surface area contributed by atoms with E-state index in [9.17, 15) is 9.59 Å². The lowest BCUT2D eigenvalue weighted by Gasteiger charge is -2.10. The molecule has 0 aliphatic heterocycles. The van der Waals surface area contributed by atoms with Crippen LogP contribution in [-0.2, 0) is 11.2 Å². The highest BCUT2D eigenvalue weighted by atomic mass is 32.2. The maximum absolute atomic E-state index is 12.5. The van der Waals surface area contributed by atoms with Gasteiger partial charge in [-0.3, -0.25) is 14.9 Å². The van der Waals surface area contributed by atoms with Crippen molar-refractivity contribution in [3.05, 3.63) is 53.0 Å². The molecule has 2 heterocycles. The van der Waals surface area contributed by atoms with Gasteiger partial charge in [-0.05, 0) is 36.2 Å². The fourth-order valence-electron chi connectivity index (χ4n) is 3.00.